The topological polar surface area (TPSA) is 41.1 Å². The molecule has 0 amide bonds. The van der Waals surface area contributed by atoms with Crippen molar-refractivity contribution in [2.24, 2.45) is 0 Å². The van der Waals surface area contributed by atoms with Crippen molar-refractivity contribution < 1.29 is 13.2 Å². The van der Waals surface area contributed by atoms with E-state index in [1.165, 1.54) is 6.07 Å². The number of rotatable bonds is 5. The van der Waals surface area contributed by atoms with Crippen LogP contribution >= 0.6 is 0 Å². The summed E-state index contributed by atoms with van der Waals surface area (Å²) in [4.78, 5) is 11.3. The second-order valence-electron chi connectivity index (χ2n) is 6.68. The molecule has 26 heavy (non-hydrogen) atoms. The summed E-state index contributed by atoms with van der Waals surface area (Å²) in [6.45, 7) is 5.17. The van der Waals surface area contributed by atoms with Crippen LogP contribution in [0.15, 0.2) is 30.3 Å². The molecule has 1 saturated heterocycles. The monoisotopic (exact) mass is 364 g/mol. The van der Waals surface area contributed by atoms with E-state index in [9.17, 15) is 13.2 Å². The summed E-state index contributed by atoms with van der Waals surface area (Å²) >= 11 is 0. The average molecular weight is 364 g/mol. The molecule has 1 N–H and O–H groups in total. The number of aromatic nitrogens is 2. The maximum absolute atomic E-state index is 12.9. The molecule has 4 nitrogen and oxygen atoms in total. The molecule has 0 saturated carbocycles. The Balaban J connectivity index is 1.90. The van der Waals surface area contributed by atoms with Crippen LogP contribution in [-0.2, 0) is 12.6 Å². The lowest BCUT2D eigenvalue weighted by Gasteiger charge is -2.23. The second kappa shape index (κ2) is 7.51. The van der Waals surface area contributed by atoms with Crippen LogP contribution < -0.4 is 10.2 Å². The van der Waals surface area contributed by atoms with E-state index >= 15 is 0 Å². The number of benzene rings is 1. The third-order valence-corrected chi connectivity index (χ3v) is 4.57. The molecular formula is C19H23F3N4. The molecule has 0 radical (unpaired) electrons. The summed E-state index contributed by atoms with van der Waals surface area (Å²) in [5.74, 6) is 1.17. The standard InChI is InChI=1S/C19H23F3N4/c1-3-6-15-12-17(26-10-5-7-13(26)2)25-18(23-15)24-16-9-4-8-14(11-16)19(20,21)22/h4,8-9,11-13H,3,5-7,10H2,1-2H3,(H,23,24,25). The van der Waals surface area contributed by atoms with E-state index in [1.54, 1.807) is 6.07 Å². The van der Waals surface area contributed by atoms with Crippen molar-refractivity contribution >= 4 is 17.5 Å². The fourth-order valence-corrected chi connectivity index (χ4v) is 3.25. The highest BCUT2D eigenvalue weighted by Gasteiger charge is 2.30. The van der Waals surface area contributed by atoms with Crippen molar-refractivity contribution in [1.29, 1.82) is 0 Å². The maximum atomic E-state index is 12.9. The number of aryl methyl sites for hydroxylation is 1. The van der Waals surface area contributed by atoms with Crippen LogP contribution in [0.2, 0.25) is 0 Å². The third kappa shape index (κ3) is 4.26. The molecule has 1 aromatic carbocycles. The van der Waals surface area contributed by atoms with Gasteiger partial charge >= 0.3 is 6.18 Å². The van der Waals surface area contributed by atoms with Gasteiger partial charge in [0.2, 0.25) is 5.95 Å². The zero-order valence-corrected chi connectivity index (χ0v) is 15.0. The second-order valence-corrected chi connectivity index (χ2v) is 6.68. The molecule has 0 spiro atoms. The van der Waals surface area contributed by atoms with Gasteiger partial charge in [0.15, 0.2) is 0 Å². The number of alkyl halides is 3. The average Bonchev–Trinajstić information content (AvgIpc) is 3.00. The van der Waals surface area contributed by atoms with E-state index in [2.05, 4.69) is 34.0 Å². The Bertz CT molecular complexity index is 761. The first-order valence-electron chi connectivity index (χ1n) is 8.95. The van der Waals surface area contributed by atoms with Gasteiger partial charge in [-0.15, -0.1) is 0 Å². The molecule has 1 atom stereocenters. The minimum absolute atomic E-state index is 0.328. The number of anilines is 3. The van der Waals surface area contributed by atoms with E-state index in [0.29, 0.717) is 17.7 Å². The van der Waals surface area contributed by atoms with Gasteiger partial charge in [-0.3, -0.25) is 0 Å². The minimum atomic E-state index is -4.38. The van der Waals surface area contributed by atoms with Crippen molar-refractivity contribution in [3.05, 3.63) is 41.6 Å². The Hall–Kier alpha value is -2.31. The van der Waals surface area contributed by atoms with Gasteiger partial charge in [-0.05, 0) is 44.4 Å². The van der Waals surface area contributed by atoms with Gasteiger partial charge in [-0.25, -0.2) is 4.98 Å². The normalized spacial score (nSPS) is 17.6. The number of hydrogen-bond acceptors (Lipinski definition) is 4. The minimum Gasteiger partial charge on any atom is -0.354 e. The highest BCUT2D eigenvalue weighted by molar-refractivity contribution is 5.57. The van der Waals surface area contributed by atoms with Gasteiger partial charge in [0.25, 0.3) is 0 Å². The molecular weight excluding hydrogens is 341 g/mol. The quantitative estimate of drug-likeness (QED) is 0.794. The van der Waals surface area contributed by atoms with Gasteiger partial charge in [-0.2, -0.15) is 18.2 Å². The van der Waals surface area contributed by atoms with Crippen LogP contribution in [-0.4, -0.2) is 22.6 Å². The van der Waals surface area contributed by atoms with Crippen molar-refractivity contribution in [1.82, 2.24) is 9.97 Å². The predicted octanol–water partition coefficient (Wildman–Crippen LogP) is 5.18. The smallest absolute Gasteiger partial charge is 0.354 e. The SMILES string of the molecule is CCCc1cc(N2CCCC2C)nc(Nc2cccc(C(F)(F)F)c2)n1. The molecule has 1 aliphatic heterocycles. The van der Waals surface area contributed by atoms with E-state index < -0.39 is 11.7 Å². The summed E-state index contributed by atoms with van der Waals surface area (Å²) in [6, 6.07) is 7.49. The molecule has 2 heterocycles. The van der Waals surface area contributed by atoms with E-state index in [4.69, 9.17) is 0 Å². The van der Waals surface area contributed by atoms with Crippen molar-refractivity contribution in [3.8, 4) is 0 Å². The lowest BCUT2D eigenvalue weighted by atomic mass is 10.2. The van der Waals surface area contributed by atoms with Gasteiger partial charge < -0.3 is 10.2 Å². The molecule has 1 aromatic heterocycles. The molecule has 0 aliphatic carbocycles. The first-order valence-corrected chi connectivity index (χ1v) is 8.95. The molecule has 1 fully saturated rings. The van der Waals surface area contributed by atoms with Crippen LogP contribution in [0.5, 0.6) is 0 Å². The summed E-state index contributed by atoms with van der Waals surface area (Å²) in [6.07, 6.45) is -0.406. The fourth-order valence-electron chi connectivity index (χ4n) is 3.25. The Morgan fingerprint density at radius 1 is 1.23 bits per heavy atom. The molecule has 140 valence electrons. The van der Waals surface area contributed by atoms with Crippen LogP contribution in [0.4, 0.5) is 30.6 Å². The van der Waals surface area contributed by atoms with Crippen LogP contribution in [0, 0.1) is 0 Å². The Kier molecular flexibility index (Phi) is 5.34. The number of hydrogen-bond donors (Lipinski definition) is 1. The van der Waals surface area contributed by atoms with Gasteiger partial charge in [0, 0.05) is 30.0 Å². The zero-order valence-electron chi connectivity index (χ0n) is 15.0. The summed E-state index contributed by atoms with van der Waals surface area (Å²) < 4.78 is 38.8. The first kappa shape index (κ1) is 18.5. The van der Waals surface area contributed by atoms with Crippen molar-refractivity contribution in [3.63, 3.8) is 0 Å². The predicted molar refractivity (Wildman–Crippen MR) is 96.8 cm³/mol. The van der Waals surface area contributed by atoms with E-state index in [0.717, 1.165) is 55.9 Å². The Morgan fingerprint density at radius 2 is 2.04 bits per heavy atom. The van der Waals surface area contributed by atoms with E-state index in [-0.39, 0.29) is 0 Å². The summed E-state index contributed by atoms with van der Waals surface area (Å²) in [5.41, 5.74) is 0.528. The molecule has 1 aliphatic rings. The number of halogens is 3. The van der Waals surface area contributed by atoms with Crippen molar-refractivity contribution in [2.75, 3.05) is 16.8 Å². The Morgan fingerprint density at radius 3 is 2.69 bits per heavy atom. The van der Waals surface area contributed by atoms with Crippen LogP contribution in [0.25, 0.3) is 0 Å². The molecule has 1 unspecified atom stereocenters. The lowest BCUT2D eigenvalue weighted by Crippen LogP contribution is -2.27. The zero-order chi connectivity index (χ0) is 18.7. The van der Waals surface area contributed by atoms with Gasteiger partial charge in [-0.1, -0.05) is 19.4 Å². The van der Waals surface area contributed by atoms with Gasteiger partial charge in [0.05, 0.1) is 5.56 Å². The molecule has 2 aromatic rings. The number of nitrogens with zero attached hydrogens (tertiary/aromatic N) is 3. The maximum Gasteiger partial charge on any atom is 0.416 e. The van der Waals surface area contributed by atoms with Gasteiger partial charge in [0.1, 0.15) is 5.82 Å². The van der Waals surface area contributed by atoms with E-state index in [1.807, 2.05) is 6.07 Å². The molecule has 0 bridgehead atoms. The first-order chi connectivity index (χ1) is 12.4. The summed E-state index contributed by atoms with van der Waals surface area (Å²) in [5, 5.41) is 2.95. The van der Waals surface area contributed by atoms with Crippen molar-refractivity contribution in [2.45, 2.75) is 51.7 Å². The van der Waals surface area contributed by atoms with Crippen LogP contribution in [0.1, 0.15) is 44.4 Å². The largest absolute Gasteiger partial charge is 0.416 e. The lowest BCUT2D eigenvalue weighted by molar-refractivity contribution is -0.137. The highest BCUT2D eigenvalue weighted by atomic mass is 19.4. The summed E-state index contributed by atoms with van der Waals surface area (Å²) in [7, 11) is 0. The Labute approximate surface area is 151 Å². The molecule has 3 rings (SSSR count). The number of nitrogens with one attached hydrogen (secondary N) is 1. The molecule has 7 heteroatoms. The van der Waals surface area contributed by atoms with Crippen LogP contribution in [0.3, 0.4) is 0 Å². The third-order valence-electron chi connectivity index (χ3n) is 4.57. The fraction of sp³-hybridized carbons (Fsp3) is 0.474. The highest BCUT2D eigenvalue weighted by Crippen LogP contribution is 2.31.